The summed E-state index contributed by atoms with van der Waals surface area (Å²) in [5.74, 6) is 2.22. The number of H-pyrrole nitrogens is 1. The van der Waals surface area contributed by atoms with Crippen molar-refractivity contribution in [2.75, 3.05) is 6.54 Å². The molecule has 0 atom stereocenters. The molecule has 9 nitrogen and oxygen atoms in total. The molecular weight excluding hydrogens is 334 g/mol. The predicted octanol–water partition coefficient (Wildman–Crippen LogP) is -0.161. The van der Waals surface area contributed by atoms with Gasteiger partial charge in [0.15, 0.2) is 0 Å². The van der Waals surface area contributed by atoms with E-state index in [1.165, 1.54) is 6.33 Å². The fourth-order valence-electron chi connectivity index (χ4n) is 3.85. The van der Waals surface area contributed by atoms with Crippen LogP contribution in [-0.4, -0.2) is 48.1 Å². The zero-order chi connectivity index (χ0) is 18.3. The number of hydrogen-bond donors (Lipinski definition) is 2. The van der Waals surface area contributed by atoms with E-state index in [4.69, 9.17) is 0 Å². The summed E-state index contributed by atoms with van der Waals surface area (Å²) >= 11 is 0. The van der Waals surface area contributed by atoms with Crippen LogP contribution >= 0.6 is 0 Å². The lowest BCUT2D eigenvalue weighted by molar-refractivity contribution is -0.120. The maximum absolute atomic E-state index is 12.0. The summed E-state index contributed by atoms with van der Waals surface area (Å²) < 4.78 is 2.05. The zero-order valence-corrected chi connectivity index (χ0v) is 15.0. The van der Waals surface area contributed by atoms with Gasteiger partial charge in [0.2, 0.25) is 5.91 Å². The van der Waals surface area contributed by atoms with Gasteiger partial charge in [-0.25, -0.2) is 4.98 Å². The molecule has 0 bridgehead atoms. The molecule has 138 valence electrons. The van der Waals surface area contributed by atoms with Crippen LogP contribution in [0.25, 0.3) is 0 Å². The molecule has 0 aromatic carbocycles. The van der Waals surface area contributed by atoms with Gasteiger partial charge in [-0.15, -0.1) is 10.2 Å². The SMILES string of the molecule is CC(=O)NC1CC(c2nnc(CN3CCc4nc[nH]c(=O)c4C3)n2C)C1. The van der Waals surface area contributed by atoms with Crippen LogP contribution in [0, 0.1) is 0 Å². The number of nitrogens with one attached hydrogen (secondary N) is 2. The van der Waals surface area contributed by atoms with E-state index in [2.05, 4.69) is 34.9 Å². The summed E-state index contributed by atoms with van der Waals surface area (Å²) in [6, 6.07) is 0.246. The first kappa shape index (κ1) is 16.9. The van der Waals surface area contributed by atoms with Gasteiger partial charge in [0.25, 0.3) is 5.56 Å². The smallest absolute Gasteiger partial charge is 0.255 e. The molecule has 4 rings (SSSR count). The molecule has 2 N–H and O–H groups in total. The lowest BCUT2D eigenvalue weighted by atomic mass is 9.79. The third-order valence-electron chi connectivity index (χ3n) is 5.36. The highest BCUT2D eigenvalue weighted by Crippen LogP contribution is 2.35. The van der Waals surface area contributed by atoms with Crippen molar-refractivity contribution in [3.63, 3.8) is 0 Å². The number of hydrogen-bond acceptors (Lipinski definition) is 6. The van der Waals surface area contributed by atoms with Crippen LogP contribution in [-0.2, 0) is 31.4 Å². The van der Waals surface area contributed by atoms with Crippen LogP contribution in [0.4, 0.5) is 0 Å². The second-order valence-corrected chi connectivity index (χ2v) is 7.22. The average molecular weight is 357 g/mol. The Bertz CT molecular complexity index is 881. The minimum Gasteiger partial charge on any atom is -0.354 e. The largest absolute Gasteiger partial charge is 0.354 e. The van der Waals surface area contributed by atoms with Crippen molar-refractivity contribution in [2.45, 2.75) is 51.2 Å². The Morgan fingerprint density at radius 3 is 2.96 bits per heavy atom. The Labute approximate surface area is 150 Å². The number of aromatic amines is 1. The number of rotatable bonds is 4. The van der Waals surface area contributed by atoms with Gasteiger partial charge < -0.3 is 14.9 Å². The summed E-state index contributed by atoms with van der Waals surface area (Å²) in [5, 5.41) is 11.7. The minimum atomic E-state index is -0.0585. The highest BCUT2D eigenvalue weighted by atomic mass is 16.1. The van der Waals surface area contributed by atoms with Crippen LogP contribution in [0.2, 0.25) is 0 Å². The van der Waals surface area contributed by atoms with Crippen LogP contribution in [0.15, 0.2) is 11.1 Å². The van der Waals surface area contributed by atoms with Crippen LogP contribution in [0.1, 0.15) is 48.6 Å². The maximum atomic E-state index is 12.0. The predicted molar refractivity (Wildman–Crippen MR) is 93.3 cm³/mol. The summed E-state index contributed by atoms with van der Waals surface area (Å²) in [6.07, 6.45) is 4.05. The van der Waals surface area contributed by atoms with Gasteiger partial charge in [-0.1, -0.05) is 0 Å². The van der Waals surface area contributed by atoms with Gasteiger partial charge in [0, 0.05) is 45.4 Å². The van der Waals surface area contributed by atoms with Crippen molar-refractivity contribution in [2.24, 2.45) is 7.05 Å². The van der Waals surface area contributed by atoms with Crippen LogP contribution in [0.5, 0.6) is 0 Å². The monoisotopic (exact) mass is 357 g/mol. The number of carbonyl (C=O) groups is 1. The van der Waals surface area contributed by atoms with Crippen molar-refractivity contribution in [3.8, 4) is 0 Å². The van der Waals surface area contributed by atoms with Crippen LogP contribution in [0.3, 0.4) is 0 Å². The van der Waals surface area contributed by atoms with E-state index in [0.717, 1.165) is 48.7 Å². The third kappa shape index (κ3) is 3.14. The highest BCUT2D eigenvalue weighted by molar-refractivity contribution is 5.73. The maximum Gasteiger partial charge on any atom is 0.255 e. The lowest BCUT2D eigenvalue weighted by Crippen LogP contribution is -2.43. The molecular formula is C17H23N7O2. The first-order chi connectivity index (χ1) is 12.5. The Kier molecular flexibility index (Phi) is 4.31. The van der Waals surface area contributed by atoms with Crippen molar-refractivity contribution in [1.82, 2.24) is 34.9 Å². The van der Waals surface area contributed by atoms with Crippen LogP contribution < -0.4 is 10.9 Å². The minimum absolute atomic E-state index is 0.0157. The molecule has 2 aliphatic rings. The van der Waals surface area contributed by atoms with Gasteiger partial charge in [-0.3, -0.25) is 14.5 Å². The number of aromatic nitrogens is 5. The molecule has 3 heterocycles. The molecule has 1 amide bonds. The number of amides is 1. The summed E-state index contributed by atoms with van der Waals surface area (Å²) in [6.45, 7) is 3.62. The zero-order valence-electron chi connectivity index (χ0n) is 15.0. The molecule has 0 spiro atoms. The molecule has 1 saturated carbocycles. The molecule has 9 heteroatoms. The normalized spacial score (nSPS) is 22.5. The molecule has 1 aliphatic heterocycles. The lowest BCUT2D eigenvalue weighted by Gasteiger charge is -2.34. The van der Waals surface area contributed by atoms with E-state index in [9.17, 15) is 9.59 Å². The van der Waals surface area contributed by atoms with Crippen molar-refractivity contribution >= 4 is 5.91 Å². The molecule has 26 heavy (non-hydrogen) atoms. The quantitative estimate of drug-likeness (QED) is 0.787. The first-order valence-corrected chi connectivity index (χ1v) is 8.94. The van der Waals surface area contributed by atoms with E-state index in [0.29, 0.717) is 19.0 Å². The van der Waals surface area contributed by atoms with E-state index in [1.807, 2.05) is 7.05 Å². The average Bonchev–Trinajstić information content (AvgIpc) is 2.92. The molecule has 0 radical (unpaired) electrons. The molecule has 0 unspecified atom stereocenters. The third-order valence-corrected chi connectivity index (χ3v) is 5.36. The Morgan fingerprint density at radius 2 is 2.19 bits per heavy atom. The molecule has 2 aromatic rings. The number of nitrogens with zero attached hydrogens (tertiary/aromatic N) is 5. The number of carbonyl (C=O) groups excluding carboxylic acids is 1. The summed E-state index contributed by atoms with van der Waals surface area (Å²) in [4.78, 5) is 32.2. The van der Waals surface area contributed by atoms with E-state index < -0.39 is 0 Å². The van der Waals surface area contributed by atoms with Gasteiger partial charge >= 0.3 is 0 Å². The topological polar surface area (TPSA) is 109 Å². The van der Waals surface area contributed by atoms with Gasteiger partial charge in [0.1, 0.15) is 11.6 Å². The van der Waals surface area contributed by atoms with Gasteiger partial charge in [-0.2, -0.15) is 0 Å². The van der Waals surface area contributed by atoms with E-state index in [-0.39, 0.29) is 17.5 Å². The van der Waals surface area contributed by atoms with E-state index >= 15 is 0 Å². The number of fused-ring (bicyclic) bond motifs is 1. The highest BCUT2D eigenvalue weighted by Gasteiger charge is 2.34. The molecule has 2 aromatic heterocycles. The summed E-state index contributed by atoms with van der Waals surface area (Å²) in [7, 11) is 1.99. The fourth-order valence-corrected chi connectivity index (χ4v) is 3.85. The molecule has 0 saturated heterocycles. The Morgan fingerprint density at radius 1 is 1.38 bits per heavy atom. The van der Waals surface area contributed by atoms with Crippen molar-refractivity contribution in [3.05, 3.63) is 39.6 Å². The van der Waals surface area contributed by atoms with Gasteiger partial charge in [0.05, 0.1) is 24.1 Å². The molecule has 1 aliphatic carbocycles. The second kappa shape index (κ2) is 6.64. The second-order valence-electron chi connectivity index (χ2n) is 7.22. The standard InChI is InChI=1S/C17H23N7O2/c1-10(25)20-12-5-11(6-12)16-22-21-15(23(16)2)8-24-4-3-14-13(7-24)17(26)19-9-18-14/h9,11-12H,3-8H2,1-2H3,(H,20,25)(H,18,19,26). The van der Waals surface area contributed by atoms with E-state index in [1.54, 1.807) is 6.92 Å². The van der Waals surface area contributed by atoms with Crippen molar-refractivity contribution in [1.29, 1.82) is 0 Å². The first-order valence-electron chi connectivity index (χ1n) is 8.94. The summed E-state index contributed by atoms with van der Waals surface area (Å²) in [5.41, 5.74) is 1.58. The van der Waals surface area contributed by atoms with Gasteiger partial charge in [-0.05, 0) is 12.8 Å². The van der Waals surface area contributed by atoms with Crippen molar-refractivity contribution < 1.29 is 4.79 Å². The fraction of sp³-hybridized carbons (Fsp3) is 0.588. The Hall–Kier alpha value is -2.55. The Balaban J connectivity index is 1.41. The molecule has 1 fully saturated rings.